The molecule has 0 aliphatic rings. The Bertz CT molecular complexity index is 880. The van der Waals surface area contributed by atoms with Crippen LogP contribution in [0.5, 0.6) is 5.75 Å². The fourth-order valence-electron chi connectivity index (χ4n) is 2.15. The topological polar surface area (TPSA) is 76.7 Å². The Morgan fingerprint density at radius 1 is 1.09 bits per heavy atom. The van der Waals surface area contributed by atoms with Gasteiger partial charge in [-0.2, -0.15) is 0 Å². The van der Waals surface area contributed by atoms with Gasteiger partial charge in [0.05, 0.1) is 5.39 Å². The van der Waals surface area contributed by atoms with E-state index in [1.54, 1.807) is 18.2 Å². The highest BCUT2D eigenvalue weighted by Gasteiger charge is 2.12. The SMILES string of the molecule is O=C(O)COc1cccc2c(=O)cc(-c3ccccc3)oc12. The molecule has 0 fully saturated rings. The molecule has 0 aliphatic heterocycles. The first-order valence-corrected chi connectivity index (χ1v) is 6.62. The molecule has 5 heteroatoms. The van der Waals surface area contributed by atoms with E-state index in [0.717, 1.165) is 5.56 Å². The molecule has 22 heavy (non-hydrogen) atoms. The Morgan fingerprint density at radius 2 is 1.86 bits per heavy atom. The van der Waals surface area contributed by atoms with Gasteiger partial charge < -0.3 is 14.3 Å². The molecule has 0 unspecified atom stereocenters. The molecule has 0 saturated heterocycles. The number of ether oxygens (including phenoxy) is 1. The van der Waals surface area contributed by atoms with Gasteiger partial charge >= 0.3 is 5.97 Å². The number of para-hydroxylation sites is 1. The van der Waals surface area contributed by atoms with Crippen LogP contribution in [0.2, 0.25) is 0 Å². The lowest BCUT2D eigenvalue weighted by Crippen LogP contribution is -2.10. The van der Waals surface area contributed by atoms with Crippen LogP contribution in [-0.4, -0.2) is 17.7 Å². The summed E-state index contributed by atoms with van der Waals surface area (Å²) in [5, 5.41) is 9.07. The third-order valence-electron chi connectivity index (χ3n) is 3.13. The highest BCUT2D eigenvalue weighted by molar-refractivity contribution is 5.84. The zero-order chi connectivity index (χ0) is 15.5. The van der Waals surface area contributed by atoms with E-state index in [-0.39, 0.29) is 16.8 Å². The first-order chi connectivity index (χ1) is 10.6. The second-order valence-electron chi connectivity index (χ2n) is 4.66. The van der Waals surface area contributed by atoms with Crippen molar-refractivity contribution in [3.05, 3.63) is 64.8 Å². The van der Waals surface area contributed by atoms with Crippen LogP contribution in [0.3, 0.4) is 0 Å². The van der Waals surface area contributed by atoms with E-state index in [2.05, 4.69) is 0 Å². The fourth-order valence-corrected chi connectivity index (χ4v) is 2.15. The lowest BCUT2D eigenvalue weighted by atomic mass is 10.1. The molecule has 3 aromatic rings. The van der Waals surface area contributed by atoms with Crippen molar-refractivity contribution in [3.8, 4) is 17.1 Å². The van der Waals surface area contributed by atoms with Crippen molar-refractivity contribution in [3.63, 3.8) is 0 Å². The summed E-state index contributed by atoms with van der Waals surface area (Å²) >= 11 is 0. The van der Waals surface area contributed by atoms with E-state index < -0.39 is 12.6 Å². The zero-order valence-corrected chi connectivity index (χ0v) is 11.5. The molecule has 0 bridgehead atoms. The van der Waals surface area contributed by atoms with Gasteiger partial charge in [-0.25, -0.2) is 4.79 Å². The standard InChI is InChI=1S/C17H12O5/c18-13-9-15(11-5-2-1-3-6-11)22-17-12(13)7-4-8-14(17)21-10-16(19)20/h1-9H,10H2,(H,19,20). The van der Waals surface area contributed by atoms with Crippen LogP contribution in [0.15, 0.2) is 63.8 Å². The summed E-state index contributed by atoms with van der Waals surface area (Å²) in [6, 6.07) is 15.4. The predicted molar refractivity (Wildman–Crippen MR) is 81.1 cm³/mol. The van der Waals surface area contributed by atoms with Gasteiger partial charge in [0.15, 0.2) is 23.4 Å². The van der Waals surface area contributed by atoms with Crippen LogP contribution in [-0.2, 0) is 4.79 Å². The van der Waals surface area contributed by atoms with Crippen LogP contribution >= 0.6 is 0 Å². The molecule has 5 nitrogen and oxygen atoms in total. The molecule has 110 valence electrons. The van der Waals surface area contributed by atoms with Crippen molar-refractivity contribution >= 4 is 16.9 Å². The normalized spacial score (nSPS) is 10.5. The van der Waals surface area contributed by atoms with Gasteiger partial charge in [-0.1, -0.05) is 36.4 Å². The van der Waals surface area contributed by atoms with Gasteiger partial charge in [0.1, 0.15) is 5.76 Å². The van der Waals surface area contributed by atoms with Crippen LogP contribution in [0.4, 0.5) is 0 Å². The Labute approximate surface area is 125 Å². The number of aliphatic carboxylic acids is 1. The number of carboxylic acid groups (broad SMARTS) is 1. The second kappa shape index (κ2) is 5.73. The molecular weight excluding hydrogens is 284 g/mol. The number of rotatable bonds is 4. The van der Waals surface area contributed by atoms with Crippen molar-refractivity contribution in [1.82, 2.24) is 0 Å². The summed E-state index contributed by atoms with van der Waals surface area (Å²) in [5.74, 6) is -0.460. The van der Waals surface area contributed by atoms with E-state index in [1.807, 2.05) is 30.3 Å². The van der Waals surface area contributed by atoms with E-state index in [4.69, 9.17) is 14.3 Å². The average molecular weight is 296 g/mol. The Balaban J connectivity index is 2.16. The lowest BCUT2D eigenvalue weighted by molar-refractivity contribution is -0.139. The van der Waals surface area contributed by atoms with Crippen LogP contribution in [0, 0.1) is 0 Å². The van der Waals surface area contributed by atoms with E-state index >= 15 is 0 Å². The van der Waals surface area contributed by atoms with Gasteiger partial charge in [0.2, 0.25) is 0 Å². The molecular formula is C17H12O5. The van der Waals surface area contributed by atoms with Gasteiger partial charge in [-0.05, 0) is 12.1 Å². The van der Waals surface area contributed by atoms with Crippen molar-refractivity contribution in [1.29, 1.82) is 0 Å². The minimum absolute atomic E-state index is 0.208. The molecule has 0 aliphatic carbocycles. The second-order valence-corrected chi connectivity index (χ2v) is 4.66. The summed E-state index contributed by atoms with van der Waals surface area (Å²) in [7, 11) is 0. The Hall–Kier alpha value is -3.08. The highest BCUT2D eigenvalue weighted by Crippen LogP contribution is 2.28. The monoisotopic (exact) mass is 296 g/mol. The third-order valence-corrected chi connectivity index (χ3v) is 3.13. The lowest BCUT2D eigenvalue weighted by Gasteiger charge is -2.08. The molecule has 0 atom stereocenters. The number of hydrogen-bond donors (Lipinski definition) is 1. The summed E-state index contributed by atoms with van der Waals surface area (Å²) in [5.41, 5.74) is 0.797. The minimum atomic E-state index is -1.10. The molecule has 1 heterocycles. The first-order valence-electron chi connectivity index (χ1n) is 6.62. The highest BCUT2D eigenvalue weighted by atomic mass is 16.5. The molecule has 1 N–H and O–H groups in total. The Morgan fingerprint density at radius 3 is 2.59 bits per heavy atom. The number of carboxylic acids is 1. The summed E-state index contributed by atoms with van der Waals surface area (Å²) in [6.07, 6.45) is 0. The van der Waals surface area contributed by atoms with Crippen LogP contribution in [0.25, 0.3) is 22.3 Å². The summed E-state index contributed by atoms with van der Waals surface area (Å²) < 4.78 is 11.0. The van der Waals surface area contributed by atoms with Crippen molar-refractivity contribution in [2.24, 2.45) is 0 Å². The largest absolute Gasteiger partial charge is 0.479 e. The first kappa shape index (κ1) is 13.9. The molecule has 0 amide bonds. The van der Waals surface area contributed by atoms with Gasteiger partial charge in [0, 0.05) is 11.6 Å². The number of fused-ring (bicyclic) bond motifs is 1. The maximum Gasteiger partial charge on any atom is 0.341 e. The minimum Gasteiger partial charge on any atom is -0.479 e. The smallest absolute Gasteiger partial charge is 0.341 e. The Kier molecular flexibility index (Phi) is 3.62. The van der Waals surface area contributed by atoms with Gasteiger partial charge in [0.25, 0.3) is 0 Å². The maximum atomic E-state index is 12.2. The molecule has 0 radical (unpaired) electrons. The summed E-state index contributed by atoms with van der Waals surface area (Å²) in [4.78, 5) is 22.9. The molecule has 0 saturated carbocycles. The van der Waals surface area contributed by atoms with Crippen molar-refractivity contribution < 1.29 is 19.1 Å². The van der Waals surface area contributed by atoms with E-state index in [0.29, 0.717) is 11.1 Å². The third kappa shape index (κ3) is 2.69. The van der Waals surface area contributed by atoms with E-state index in [1.165, 1.54) is 6.07 Å². The molecule has 0 spiro atoms. The van der Waals surface area contributed by atoms with Gasteiger partial charge in [-0.15, -0.1) is 0 Å². The average Bonchev–Trinajstić information content (AvgIpc) is 2.53. The summed E-state index contributed by atoms with van der Waals surface area (Å²) in [6.45, 7) is -0.502. The number of carbonyl (C=O) groups is 1. The molecule has 1 aromatic heterocycles. The van der Waals surface area contributed by atoms with Crippen molar-refractivity contribution in [2.75, 3.05) is 6.61 Å². The van der Waals surface area contributed by atoms with E-state index in [9.17, 15) is 9.59 Å². The van der Waals surface area contributed by atoms with Crippen LogP contribution in [0.1, 0.15) is 0 Å². The maximum absolute atomic E-state index is 12.2. The zero-order valence-electron chi connectivity index (χ0n) is 11.5. The fraction of sp³-hybridized carbons (Fsp3) is 0.0588. The van der Waals surface area contributed by atoms with Crippen molar-refractivity contribution in [2.45, 2.75) is 0 Å². The van der Waals surface area contributed by atoms with Crippen LogP contribution < -0.4 is 10.2 Å². The number of hydrogen-bond acceptors (Lipinski definition) is 4. The van der Waals surface area contributed by atoms with Gasteiger partial charge in [-0.3, -0.25) is 4.79 Å². The molecule has 3 rings (SSSR count). The quantitative estimate of drug-likeness (QED) is 0.801. The predicted octanol–water partition coefficient (Wildman–Crippen LogP) is 2.92. The molecule has 2 aromatic carbocycles. The number of benzene rings is 2.